The fourth-order valence-corrected chi connectivity index (χ4v) is 2.32. The van der Waals surface area contributed by atoms with Crippen molar-refractivity contribution < 1.29 is 9.13 Å². The molecule has 0 aliphatic carbocycles. The normalized spacial score (nSPS) is 17.4. The summed E-state index contributed by atoms with van der Waals surface area (Å²) in [6.07, 6.45) is 2.29. The van der Waals surface area contributed by atoms with Gasteiger partial charge >= 0.3 is 0 Å². The summed E-state index contributed by atoms with van der Waals surface area (Å²) >= 11 is 0. The predicted molar refractivity (Wildman–Crippen MR) is 78.2 cm³/mol. The fraction of sp³-hybridized carbons (Fsp3) is 0.533. The molecular weight excluding hydrogens is 257 g/mol. The summed E-state index contributed by atoms with van der Waals surface area (Å²) in [6, 6.07) is 4.85. The average molecular weight is 279 g/mol. The number of nitrogens with zero attached hydrogens (tertiary/aromatic N) is 2. The zero-order valence-corrected chi connectivity index (χ0v) is 12.1. The number of hydrogen-bond donors (Lipinski definition) is 1. The van der Waals surface area contributed by atoms with Gasteiger partial charge in [-0.25, -0.2) is 9.38 Å². The molecule has 1 saturated heterocycles. The third-order valence-corrected chi connectivity index (χ3v) is 3.75. The number of benzene rings is 1. The van der Waals surface area contributed by atoms with E-state index in [-0.39, 0.29) is 11.6 Å². The zero-order valence-electron chi connectivity index (χ0n) is 12.1. The molecule has 1 heterocycles. The number of piperidine rings is 1. The van der Waals surface area contributed by atoms with Gasteiger partial charge in [0.15, 0.2) is 17.5 Å². The molecule has 2 N–H and O–H groups in total. The lowest BCUT2D eigenvalue weighted by Crippen LogP contribution is -2.42. The second-order valence-corrected chi connectivity index (χ2v) is 5.31. The summed E-state index contributed by atoms with van der Waals surface area (Å²) in [6.45, 7) is 4.55. The minimum Gasteiger partial charge on any atom is -0.494 e. The molecule has 2 rings (SSSR count). The quantitative estimate of drug-likeness (QED) is 0.682. The smallest absolute Gasteiger partial charge is 0.191 e. The first-order valence-electron chi connectivity index (χ1n) is 6.97. The van der Waals surface area contributed by atoms with Crippen LogP contribution in [0, 0.1) is 11.7 Å². The van der Waals surface area contributed by atoms with Crippen molar-refractivity contribution in [3.8, 4) is 5.75 Å². The molecule has 1 aliphatic heterocycles. The van der Waals surface area contributed by atoms with Crippen molar-refractivity contribution in [1.29, 1.82) is 0 Å². The molecule has 0 radical (unpaired) electrons. The first kappa shape index (κ1) is 14.6. The van der Waals surface area contributed by atoms with Gasteiger partial charge in [-0.1, -0.05) is 13.0 Å². The summed E-state index contributed by atoms with van der Waals surface area (Å²) in [7, 11) is 1.45. The summed E-state index contributed by atoms with van der Waals surface area (Å²) in [4.78, 5) is 6.45. The van der Waals surface area contributed by atoms with E-state index in [9.17, 15) is 4.39 Å². The second-order valence-electron chi connectivity index (χ2n) is 5.31. The van der Waals surface area contributed by atoms with Gasteiger partial charge in [-0.15, -0.1) is 0 Å². The van der Waals surface area contributed by atoms with Gasteiger partial charge in [0.1, 0.15) is 0 Å². The van der Waals surface area contributed by atoms with Crippen molar-refractivity contribution in [2.45, 2.75) is 26.3 Å². The standard InChI is InChI=1S/C15H22FN3O/c1-11-5-7-19(8-6-11)15(17)18-10-12-3-4-14(20-2)13(16)9-12/h3-4,9,11H,5-8,10H2,1-2H3,(H2,17,18). The maximum Gasteiger partial charge on any atom is 0.191 e. The first-order valence-corrected chi connectivity index (χ1v) is 6.97. The lowest BCUT2D eigenvalue weighted by Gasteiger charge is -2.31. The molecule has 1 aromatic rings. The molecule has 0 spiro atoms. The molecule has 0 unspecified atom stereocenters. The molecule has 4 nitrogen and oxygen atoms in total. The van der Waals surface area contributed by atoms with Gasteiger partial charge in [0.25, 0.3) is 0 Å². The Hall–Kier alpha value is -1.78. The van der Waals surface area contributed by atoms with Crippen LogP contribution in [-0.4, -0.2) is 31.1 Å². The van der Waals surface area contributed by atoms with E-state index >= 15 is 0 Å². The largest absolute Gasteiger partial charge is 0.494 e. The highest BCUT2D eigenvalue weighted by Crippen LogP contribution is 2.19. The summed E-state index contributed by atoms with van der Waals surface area (Å²) in [5, 5.41) is 0. The highest BCUT2D eigenvalue weighted by Gasteiger charge is 2.16. The highest BCUT2D eigenvalue weighted by atomic mass is 19.1. The first-order chi connectivity index (χ1) is 9.60. The van der Waals surface area contributed by atoms with Gasteiger partial charge in [-0.3, -0.25) is 0 Å². The Labute approximate surface area is 119 Å². The van der Waals surface area contributed by atoms with E-state index in [4.69, 9.17) is 10.5 Å². The molecule has 0 saturated carbocycles. The molecule has 20 heavy (non-hydrogen) atoms. The monoisotopic (exact) mass is 279 g/mol. The highest BCUT2D eigenvalue weighted by molar-refractivity contribution is 5.78. The Balaban J connectivity index is 1.96. The molecule has 0 bridgehead atoms. The summed E-state index contributed by atoms with van der Waals surface area (Å²) in [5.41, 5.74) is 6.78. The minimum atomic E-state index is -0.370. The van der Waals surface area contributed by atoms with Crippen LogP contribution >= 0.6 is 0 Å². The fourth-order valence-electron chi connectivity index (χ4n) is 2.32. The molecule has 110 valence electrons. The Morgan fingerprint density at radius 3 is 2.75 bits per heavy atom. The van der Waals surface area contributed by atoms with Gasteiger partial charge in [-0.2, -0.15) is 0 Å². The number of methoxy groups -OCH3 is 1. The lowest BCUT2D eigenvalue weighted by atomic mass is 10.00. The van der Waals surface area contributed by atoms with E-state index < -0.39 is 0 Å². The Morgan fingerprint density at radius 1 is 1.45 bits per heavy atom. The number of guanidine groups is 1. The maximum absolute atomic E-state index is 13.6. The minimum absolute atomic E-state index is 0.246. The molecule has 0 atom stereocenters. The van der Waals surface area contributed by atoms with Crippen molar-refractivity contribution in [3.63, 3.8) is 0 Å². The molecule has 0 amide bonds. The number of ether oxygens (including phenoxy) is 1. The van der Waals surface area contributed by atoms with Crippen molar-refractivity contribution in [2.24, 2.45) is 16.6 Å². The van der Waals surface area contributed by atoms with Crippen LogP contribution in [0.5, 0.6) is 5.75 Å². The molecule has 1 aromatic carbocycles. The van der Waals surface area contributed by atoms with Crippen LogP contribution in [-0.2, 0) is 6.54 Å². The van der Waals surface area contributed by atoms with E-state index in [1.807, 2.05) is 0 Å². The van der Waals surface area contributed by atoms with Crippen LogP contribution in [0.4, 0.5) is 4.39 Å². The predicted octanol–water partition coefficient (Wildman–Crippen LogP) is 2.38. The van der Waals surface area contributed by atoms with Gasteiger partial charge in [0.2, 0.25) is 0 Å². The topological polar surface area (TPSA) is 50.9 Å². The number of halogens is 1. The summed E-state index contributed by atoms with van der Waals surface area (Å²) < 4.78 is 18.4. The van der Waals surface area contributed by atoms with E-state index in [1.165, 1.54) is 13.2 Å². The van der Waals surface area contributed by atoms with Crippen molar-refractivity contribution in [3.05, 3.63) is 29.6 Å². The van der Waals surface area contributed by atoms with E-state index in [1.54, 1.807) is 12.1 Å². The maximum atomic E-state index is 13.6. The van der Waals surface area contributed by atoms with E-state index in [0.29, 0.717) is 12.5 Å². The number of likely N-dealkylation sites (tertiary alicyclic amines) is 1. The van der Waals surface area contributed by atoms with E-state index in [0.717, 1.165) is 37.4 Å². The molecule has 1 fully saturated rings. The van der Waals surface area contributed by atoms with Gasteiger partial charge in [-0.05, 0) is 36.5 Å². The number of aliphatic imine (C=N–C) groups is 1. The zero-order chi connectivity index (χ0) is 14.5. The molecule has 1 aliphatic rings. The van der Waals surface area contributed by atoms with Crippen LogP contribution < -0.4 is 10.5 Å². The lowest BCUT2D eigenvalue weighted by molar-refractivity contribution is 0.277. The van der Waals surface area contributed by atoms with Crippen LogP contribution in [0.1, 0.15) is 25.3 Å². The van der Waals surface area contributed by atoms with Crippen molar-refractivity contribution in [2.75, 3.05) is 20.2 Å². The van der Waals surface area contributed by atoms with Crippen LogP contribution in [0.2, 0.25) is 0 Å². The number of rotatable bonds is 3. The molecule has 5 heteroatoms. The molecule has 0 aromatic heterocycles. The van der Waals surface area contributed by atoms with Gasteiger partial charge in [0.05, 0.1) is 13.7 Å². The van der Waals surface area contributed by atoms with Gasteiger partial charge < -0.3 is 15.4 Å². The molecular formula is C15H22FN3O. The van der Waals surface area contributed by atoms with Crippen molar-refractivity contribution in [1.82, 2.24) is 4.90 Å². The SMILES string of the molecule is COc1ccc(CN=C(N)N2CCC(C)CC2)cc1F. The van der Waals surface area contributed by atoms with Crippen molar-refractivity contribution >= 4 is 5.96 Å². The number of hydrogen-bond acceptors (Lipinski definition) is 2. The Kier molecular flexibility index (Phi) is 4.82. The Bertz CT molecular complexity index is 482. The van der Waals surface area contributed by atoms with Crippen LogP contribution in [0.15, 0.2) is 23.2 Å². The number of nitrogens with two attached hydrogens (primary N) is 1. The van der Waals surface area contributed by atoms with Crippen LogP contribution in [0.3, 0.4) is 0 Å². The average Bonchev–Trinajstić information content (AvgIpc) is 2.45. The van der Waals surface area contributed by atoms with E-state index in [2.05, 4.69) is 16.8 Å². The van der Waals surface area contributed by atoms with Crippen LogP contribution in [0.25, 0.3) is 0 Å². The van der Waals surface area contributed by atoms with Gasteiger partial charge in [0, 0.05) is 13.1 Å². The third-order valence-electron chi connectivity index (χ3n) is 3.75. The Morgan fingerprint density at radius 2 is 2.15 bits per heavy atom. The third kappa shape index (κ3) is 3.62. The second kappa shape index (κ2) is 6.59. The summed E-state index contributed by atoms with van der Waals surface area (Å²) in [5.74, 6) is 1.18.